The van der Waals surface area contributed by atoms with Crippen molar-refractivity contribution in [3.05, 3.63) is 23.9 Å². The lowest BCUT2D eigenvalue weighted by molar-refractivity contribution is 0.141. The Morgan fingerprint density at radius 3 is 2.55 bits per heavy atom. The Kier molecular flexibility index (Phi) is 4.53. The van der Waals surface area contributed by atoms with Gasteiger partial charge in [0, 0.05) is 31.9 Å². The van der Waals surface area contributed by atoms with E-state index in [0.717, 1.165) is 24.9 Å². The van der Waals surface area contributed by atoms with Gasteiger partial charge in [0.05, 0.1) is 0 Å². The number of rotatable bonds is 3. The molecule has 2 aliphatic rings. The van der Waals surface area contributed by atoms with Crippen LogP contribution < -0.4 is 10.6 Å². The third-order valence-electron chi connectivity index (χ3n) is 4.74. The Hall–Kier alpha value is -1.13. The van der Waals surface area contributed by atoms with Gasteiger partial charge in [-0.05, 0) is 56.5 Å². The van der Waals surface area contributed by atoms with Crippen LogP contribution in [0.1, 0.15) is 37.7 Å². The fraction of sp³-hybridized carbons (Fsp3) is 0.688. The van der Waals surface area contributed by atoms with Crippen LogP contribution in [0.5, 0.6) is 0 Å². The van der Waals surface area contributed by atoms with Gasteiger partial charge in [0.1, 0.15) is 5.82 Å². The molecule has 0 spiro atoms. The first-order valence-corrected chi connectivity index (χ1v) is 8.01. The minimum Gasteiger partial charge on any atom is -0.356 e. The molecule has 3 rings (SSSR count). The number of nitrogens with two attached hydrogens (primary N) is 1. The van der Waals surface area contributed by atoms with Crippen LogP contribution in [-0.2, 0) is 6.54 Å². The molecule has 0 unspecified atom stereocenters. The number of anilines is 1. The maximum absolute atomic E-state index is 5.71. The molecule has 0 radical (unpaired) electrons. The molecule has 1 aromatic heterocycles. The van der Waals surface area contributed by atoms with E-state index in [1.807, 2.05) is 12.3 Å². The van der Waals surface area contributed by atoms with Crippen LogP contribution >= 0.6 is 0 Å². The molecule has 1 aromatic rings. The van der Waals surface area contributed by atoms with Gasteiger partial charge in [-0.1, -0.05) is 6.42 Å². The third-order valence-corrected chi connectivity index (χ3v) is 4.74. The summed E-state index contributed by atoms with van der Waals surface area (Å²) in [4.78, 5) is 9.63. The lowest BCUT2D eigenvalue weighted by Crippen LogP contribution is -2.46. The van der Waals surface area contributed by atoms with E-state index >= 15 is 0 Å². The van der Waals surface area contributed by atoms with Crippen LogP contribution in [0.4, 0.5) is 5.82 Å². The molecule has 0 saturated carbocycles. The average Bonchev–Trinajstić information content (AvgIpc) is 2.56. The number of aromatic nitrogens is 1. The Morgan fingerprint density at radius 2 is 1.85 bits per heavy atom. The van der Waals surface area contributed by atoms with E-state index in [1.165, 1.54) is 50.8 Å². The monoisotopic (exact) mass is 274 g/mol. The zero-order chi connectivity index (χ0) is 13.8. The van der Waals surface area contributed by atoms with Crippen LogP contribution in [0.2, 0.25) is 0 Å². The molecule has 0 aliphatic carbocycles. The minimum atomic E-state index is 0.597. The van der Waals surface area contributed by atoms with Gasteiger partial charge < -0.3 is 15.5 Å². The van der Waals surface area contributed by atoms with Gasteiger partial charge in [0.25, 0.3) is 0 Å². The van der Waals surface area contributed by atoms with Crippen molar-refractivity contribution >= 4 is 5.82 Å². The van der Waals surface area contributed by atoms with Gasteiger partial charge in [0.15, 0.2) is 0 Å². The normalized spacial score (nSPS) is 22.1. The Labute approximate surface area is 122 Å². The van der Waals surface area contributed by atoms with E-state index in [1.54, 1.807) is 0 Å². The molecule has 3 heterocycles. The molecule has 110 valence electrons. The lowest BCUT2D eigenvalue weighted by atomic mass is 10.00. The van der Waals surface area contributed by atoms with Crippen molar-refractivity contribution in [1.29, 1.82) is 0 Å². The molecular formula is C16H26N4. The molecule has 20 heavy (non-hydrogen) atoms. The summed E-state index contributed by atoms with van der Waals surface area (Å²) in [5.74, 6) is 1.10. The quantitative estimate of drug-likeness (QED) is 0.915. The second-order valence-electron chi connectivity index (χ2n) is 6.04. The maximum atomic E-state index is 5.71. The number of piperidine rings is 2. The molecule has 4 nitrogen and oxygen atoms in total. The first kappa shape index (κ1) is 13.8. The molecule has 2 saturated heterocycles. The zero-order valence-corrected chi connectivity index (χ0v) is 12.3. The van der Waals surface area contributed by atoms with Gasteiger partial charge in [-0.3, -0.25) is 0 Å². The number of pyridine rings is 1. The van der Waals surface area contributed by atoms with E-state index < -0.39 is 0 Å². The second-order valence-corrected chi connectivity index (χ2v) is 6.04. The summed E-state index contributed by atoms with van der Waals surface area (Å²) in [5.41, 5.74) is 6.89. The average molecular weight is 274 g/mol. The summed E-state index contributed by atoms with van der Waals surface area (Å²) in [7, 11) is 0. The lowest BCUT2D eigenvalue weighted by Gasteiger charge is -2.40. The van der Waals surface area contributed by atoms with E-state index in [0.29, 0.717) is 6.54 Å². The van der Waals surface area contributed by atoms with Gasteiger partial charge in [0.2, 0.25) is 0 Å². The van der Waals surface area contributed by atoms with Crippen LogP contribution in [0.15, 0.2) is 18.3 Å². The first-order valence-electron chi connectivity index (χ1n) is 8.01. The highest BCUT2D eigenvalue weighted by Crippen LogP contribution is 2.23. The van der Waals surface area contributed by atoms with Crippen LogP contribution in [0.3, 0.4) is 0 Å². The Bertz CT molecular complexity index is 420. The molecule has 0 bridgehead atoms. The van der Waals surface area contributed by atoms with E-state index in [2.05, 4.69) is 20.9 Å². The van der Waals surface area contributed by atoms with Crippen molar-refractivity contribution in [2.24, 2.45) is 5.73 Å². The summed E-state index contributed by atoms with van der Waals surface area (Å²) in [6.45, 7) is 5.47. The van der Waals surface area contributed by atoms with Crippen molar-refractivity contribution in [3.63, 3.8) is 0 Å². The zero-order valence-electron chi connectivity index (χ0n) is 12.3. The highest BCUT2D eigenvalue weighted by Gasteiger charge is 2.25. The van der Waals surface area contributed by atoms with Gasteiger partial charge in [-0.2, -0.15) is 0 Å². The van der Waals surface area contributed by atoms with E-state index in [9.17, 15) is 0 Å². The largest absolute Gasteiger partial charge is 0.356 e. The van der Waals surface area contributed by atoms with Gasteiger partial charge in [-0.25, -0.2) is 4.98 Å². The van der Waals surface area contributed by atoms with Gasteiger partial charge >= 0.3 is 0 Å². The van der Waals surface area contributed by atoms with Crippen LogP contribution in [0.25, 0.3) is 0 Å². The predicted molar refractivity (Wildman–Crippen MR) is 82.8 cm³/mol. The van der Waals surface area contributed by atoms with Crippen LogP contribution in [0, 0.1) is 0 Å². The van der Waals surface area contributed by atoms with Crippen molar-refractivity contribution in [2.75, 3.05) is 31.1 Å². The molecule has 2 aliphatic heterocycles. The molecule has 0 amide bonds. The third kappa shape index (κ3) is 3.13. The fourth-order valence-corrected chi connectivity index (χ4v) is 3.50. The molecule has 4 heteroatoms. The van der Waals surface area contributed by atoms with Crippen molar-refractivity contribution in [3.8, 4) is 0 Å². The summed E-state index contributed by atoms with van der Waals surface area (Å²) >= 11 is 0. The van der Waals surface area contributed by atoms with E-state index in [4.69, 9.17) is 5.73 Å². The molecule has 0 atom stereocenters. The van der Waals surface area contributed by atoms with E-state index in [-0.39, 0.29) is 0 Å². The number of hydrogen-bond donors (Lipinski definition) is 1. The SMILES string of the molecule is NCc1ccnc(N2CCC(N3CCCCC3)CC2)c1. The smallest absolute Gasteiger partial charge is 0.128 e. The second kappa shape index (κ2) is 6.55. The standard InChI is InChI=1S/C16H26N4/c17-13-14-4-7-18-16(12-14)20-10-5-15(6-11-20)19-8-2-1-3-9-19/h4,7,12,15H,1-3,5-6,8-11,13,17H2. The highest BCUT2D eigenvalue weighted by molar-refractivity contribution is 5.41. The molecule has 2 N–H and O–H groups in total. The number of likely N-dealkylation sites (tertiary alicyclic amines) is 1. The molecule has 0 aromatic carbocycles. The van der Waals surface area contributed by atoms with Crippen LogP contribution in [-0.4, -0.2) is 42.1 Å². The summed E-state index contributed by atoms with van der Waals surface area (Å²) in [5, 5.41) is 0. The predicted octanol–water partition coefficient (Wildman–Crippen LogP) is 1.99. The number of hydrogen-bond acceptors (Lipinski definition) is 4. The Balaban J connectivity index is 1.57. The summed E-state index contributed by atoms with van der Waals surface area (Å²) < 4.78 is 0. The minimum absolute atomic E-state index is 0.597. The maximum Gasteiger partial charge on any atom is 0.128 e. The fourth-order valence-electron chi connectivity index (χ4n) is 3.50. The summed E-state index contributed by atoms with van der Waals surface area (Å²) in [6, 6.07) is 4.94. The Morgan fingerprint density at radius 1 is 1.10 bits per heavy atom. The molecule has 2 fully saturated rings. The molecular weight excluding hydrogens is 248 g/mol. The van der Waals surface area contributed by atoms with Crippen molar-refractivity contribution < 1.29 is 0 Å². The first-order chi connectivity index (χ1) is 9.86. The van der Waals surface area contributed by atoms with Crippen molar-refractivity contribution in [2.45, 2.75) is 44.7 Å². The topological polar surface area (TPSA) is 45.4 Å². The summed E-state index contributed by atoms with van der Waals surface area (Å²) in [6.07, 6.45) is 8.63. The number of nitrogens with zero attached hydrogens (tertiary/aromatic N) is 3. The van der Waals surface area contributed by atoms with Gasteiger partial charge in [-0.15, -0.1) is 0 Å². The van der Waals surface area contributed by atoms with Crippen molar-refractivity contribution in [1.82, 2.24) is 9.88 Å². The highest BCUT2D eigenvalue weighted by atomic mass is 15.2.